The molecule has 0 aromatic heterocycles. The fourth-order valence-electron chi connectivity index (χ4n) is 2.36. The third kappa shape index (κ3) is 2.15. The summed E-state index contributed by atoms with van der Waals surface area (Å²) < 4.78 is 10.7. The van der Waals surface area contributed by atoms with Gasteiger partial charge in [0.15, 0.2) is 5.78 Å². The van der Waals surface area contributed by atoms with Gasteiger partial charge in [0, 0.05) is 26.4 Å². The molecule has 1 heterocycles. The highest BCUT2D eigenvalue weighted by atomic mass is 17.2. The fraction of sp³-hybridized carbons (Fsp3) is 0.833. The van der Waals surface area contributed by atoms with E-state index in [1.807, 2.05) is 0 Å². The van der Waals surface area contributed by atoms with Crippen LogP contribution in [0.5, 0.6) is 0 Å². The number of methoxy groups -OCH3 is 1. The van der Waals surface area contributed by atoms with E-state index in [0.29, 0.717) is 12.8 Å². The average Bonchev–Trinajstić information content (AvgIpc) is 2.99. The van der Waals surface area contributed by atoms with Crippen molar-refractivity contribution in [2.75, 3.05) is 7.11 Å². The van der Waals surface area contributed by atoms with E-state index in [1.165, 1.54) is 14.0 Å². The lowest BCUT2D eigenvalue weighted by Gasteiger charge is -2.35. The molecule has 2 rings (SSSR count). The van der Waals surface area contributed by atoms with Crippen molar-refractivity contribution < 1.29 is 28.8 Å². The van der Waals surface area contributed by atoms with Gasteiger partial charge in [0.1, 0.15) is 5.60 Å². The number of carbonyl (C=O) groups is 2. The van der Waals surface area contributed by atoms with Crippen LogP contribution in [0.3, 0.4) is 0 Å². The van der Waals surface area contributed by atoms with Gasteiger partial charge in [-0.25, -0.2) is 4.79 Å². The zero-order valence-electron chi connectivity index (χ0n) is 11.0. The van der Waals surface area contributed by atoms with Crippen LogP contribution < -0.4 is 0 Å². The minimum atomic E-state index is -1.13. The zero-order valence-corrected chi connectivity index (χ0v) is 11.0. The summed E-state index contributed by atoms with van der Waals surface area (Å²) in [6.45, 7) is 4.69. The summed E-state index contributed by atoms with van der Waals surface area (Å²) in [6.07, 6.45) is 0.853. The van der Waals surface area contributed by atoms with Crippen molar-refractivity contribution in [3.8, 4) is 0 Å². The number of rotatable bonds is 4. The van der Waals surface area contributed by atoms with Crippen LogP contribution in [0.15, 0.2) is 0 Å². The monoisotopic (exact) mass is 258 g/mol. The van der Waals surface area contributed by atoms with Crippen LogP contribution >= 0.6 is 0 Å². The average molecular weight is 258 g/mol. The molecule has 6 heteroatoms. The largest absolute Gasteiger partial charge is 0.358 e. The smallest absolute Gasteiger partial charge is 0.339 e. The molecule has 6 nitrogen and oxygen atoms in total. The van der Waals surface area contributed by atoms with Gasteiger partial charge in [0.05, 0.1) is 6.10 Å². The van der Waals surface area contributed by atoms with Crippen molar-refractivity contribution in [3.63, 3.8) is 0 Å². The normalized spacial score (nSPS) is 37.7. The lowest BCUT2D eigenvalue weighted by atomic mass is 9.78. The Morgan fingerprint density at radius 3 is 2.72 bits per heavy atom. The van der Waals surface area contributed by atoms with Crippen molar-refractivity contribution in [1.82, 2.24) is 0 Å². The number of hydrogen-bond acceptors (Lipinski definition) is 6. The Morgan fingerprint density at radius 2 is 2.22 bits per heavy atom. The molecular weight excluding hydrogens is 240 g/mol. The van der Waals surface area contributed by atoms with Crippen LogP contribution in [-0.4, -0.2) is 36.4 Å². The molecule has 0 radical (unpaired) electrons. The van der Waals surface area contributed by atoms with Gasteiger partial charge in [0.2, 0.25) is 5.79 Å². The SMILES string of the molecule is COC(C)(OOC(C)=O)[C@@H]1CC(=O)C2(C)OC2C1. The molecule has 2 fully saturated rings. The van der Waals surface area contributed by atoms with Crippen molar-refractivity contribution in [2.24, 2.45) is 5.92 Å². The quantitative estimate of drug-likeness (QED) is 0.324. The maximum absolute atomic E-state index is 11.9. The molecule has 1 saturated heterocycles. The van der Waals surface area contributed by atoms with E-state index in [2.05, 4.69) is 4.89 Å². The number of ether oxygens (including phenoxy) is 2. The minimum absolute atomic E-state index is 0.0402. The van der Waals surface area contributed by atoms with Gasteiger partial charge in [-0.15, -0.1) is 4.89 Å². The van der Waals surface area contributed by atoms with E-state index in [0.717, 1.165) is 0 Å². The molecule has 0 amide bonds. The Morgan fingerprint density at radius 1 is 1.56 bits per heavy atom. The third-order valence-electron chi connectivity index (χ3n) is 3.90. The van der Waals surface area contributed by atoms with Gasteiger partial charge in [-0.05, 0) is 20.3 Å². The maximum Gasteiger partial charge on any atom is 0.339 e. The third-order valence-corrected chi connectivity index (χ3v) is 3.90. The first-order valence-electron chi connectivity index (χ1n) is 5.94. The van der Waals surface area contributed by atoms with E-state index >= 15 is 0 Å². The van der Waals surface area contributed by atoms with E-state index in [4.69, 9.17) is 14.4 Å². The molecule has 1 aliphatic carbocycles. The Hall–Kier alpha value is -0.980. The lowest BCUT2D eigenvalue weighted by Crippen LogP contribution is -2.46. The molecule has 0 spiro atoms. The van der Waals surface area contributed by atoms with Gasteiger partial charge in [0.25, 0.3) is 0 Å². The minimum Gasteiger partial charge on any atom is -0.358 e. The van der Waals surface area contributed by atoms with Gasteiger partial charge in [-0.3, -0.25) is 9.68 Å². The van der Waals surface area contributed by atoms with Crippen LogP contribution in [0.1, 0.15) is 33.6 Å². The second-order valence-corrected chi connectivity index (χ2v) is 5.15. The van der Waals surface area contributed by atoms with Gasteiger partial charge >= 0.3 is 5.97 Å². The molecule has 4 atom stereocenters. The molecule has 0 aromatic rings. The highest BCUT2D eigenvalue weighted by Gasteiger charge is 2.64. The topological polar surface area (TPSA) is 74.4 Å². The van der Waals surface area contributed by atoms with E-state index in [1.54, 1.807) is 13.8 Å². The standard InChI is InChI=1S/C12H18O6/c1-7(13)17-18-12(3,15-4)8-5-9(14)11(2)10(6-8)16-11/h8,10H,5-6H2,1-4H3/t8-,10?,11?,12?/m1/s1. The maximum atomic E-state index is 11.9. The molecule has 102 valence electrons. The first-order chi connectivity index (χ1) is 8.32. The molecule has 1 saturated carbocycles. The van der Waals surface area contributed by atoms with Gasteiger partial charge in [-0.1, -0.05) is 0 Å². The van der Waals surface area contributed by atoms with Crippen LogP contribution in [0, 0.1) is 5.92 Å². The lowest BCUT2D eigenvalue weighted by molar-refractivity contribution is -0.408. The summed E-state index contributed by atoms with van der Waals surface area (Å²) in [6, 6.07) is 0. The molecular formula is C12H18O6. The van der Waals surface area contributed by atoms with Gasteiger partial charge < -0.3 is 9.47 Å². The van der Waals surface area contributed by atoms with Crippen molar-refractivity contribution in [3.05, 3.63) is 0 Å². The summed E-state index contributed by atoms with van der Waals surface area (Å²) in [4.78, 5) is 32.3. The Balaban J connectivity index is 2.04. The van der Waals surface area contributed by atoms with E-state index in [9.17, 15) is 9.59 Å². The molecule has 3 unspecified atom stereocenters. The van der Waals surface area contributed by atoms with Crippen LogP contribution in [0.25, 0.3) is 0 Å². The van der Waals surface area contributed by atoms with Crippen LogP contribution in [-0.2, 0) is 28.8 Å². The first kappa shape index (κ1) is 13.5. The number of fused-ring (bicyclic) bond motifs is 1. The summed E-state index contributed by atoms with van der Waals surface area (Å²) >= 11 is 0. The number of Topliss-reactive ketones (excluding diaryl/α,β-unsaturated/α-hetero) is 1. The van der Waals surface area contributed by atoms with Crippen molar-refractivity contribution >= 4 is 11.8 Å². The number of hydrogen-bond donors (Lipinski definition) is 0. The summed E-state index contributed by atoms with van der Waals surface area (Å²) in [5.74, 6) is -1.85. The summed E-state index contributed by atoms with van der Waals surface area (Å²) in [7, 11) is 1.45. The summed E-state index contributed by atoms with van der Waals surface area (Å²) in [5.41, 5.74) is -0.618. The van der Waals surface area contributed by atoms with Crippen LogP contribution in [0.2, 0.25) is 0 Å². The Kier molecular flexibility index (Phi) is 3.21. The predicted octanol–water partition coefficient (Wildman–Crippen LogP) is 0.980. The van der Waals surface area contributed by atoms with E-state index in [-0.39, 0.29) is 17.8 Å². The van der Waals surface area contributed by atoms with Crippen molar-refractivity contribution in [1.29, 1.82) is 0 Å². The molecule has 1 aliphatic heterocycles. The van der Waals surface area contributed by atoms with Gasteiger partial charge in [-0.2, -0.15) is 0 Å². The molecule has 18 heavy (non-hydrogen) atoms. The number of ketones is 1. The molecule has 0 bridgehead atoms. The zero-order chi connectivity index (χ0) is 13.6. The Bertz CT molecular complexity index is 381. The van der Waals surface area contributed by atoms with Crippen molar-refractivity contribution in [2.45, 2.75) is 51.1 Å². The molecule has 2 aliphatic rings. The van der Waals surface area contributed by atoms with Crippen LogP contribution in [0.4, 0.5) is 0 Å². The first-order valence-corrected chi connectivity index (χ1v) is 5.94. The second kappa shape index (κ2) is 4.29. The summed E-state index contributed by atoms with van der Waals surface area (Å²) in [5, 5.41) is 0. The molecule has 0 N–H and O–H groups in total. The highest BCUT2D eigenvalue weighted by molar-refractivity contribution is 5.91. The second-order valence-electron chi connectivity index (χ2n) is 5.15. The number of carbonyl (C=O) groups excluding carboxylic acids is 2. The van der Waals surface area contributed by atoms with E-state index < -0.39 is 17.4 Å². The fourth-order valence-corrected chi connectivity index (χ4v) is 2.36. The Labute approximate surface area is 105 Å². The number of epoxide rings is 1. The predicted molar refractivity (Wildman–Crippen MR) is 59.3 cm³/mol. The highest BCUT2D eigenvalue weighted by Crippen LogP contribution is 2.50. The molecule has 0 aromatic carbocycles.